The van der Waals surface area contributed by atoms with Crippen molar-refractivity contribution in [2.45, 2.75) is 58.5 Å². The number of likely N-dealkylation sites (tertiary alicyclic amines) is 1. The van der Waals surface area contributed by atoms with Crippen LogP contribution in [0.4, 0.5) is 0 Å². The number of aliphatic hydroxyl groups is 1. The molecule has 1 fully saturated rings. The van der Waals surface area contributed by atoms with Crippen LogP contribution >= 0.6 is 0 Å². The van der Waals surface area contributed by atoms with Gasteiger partial charge in [0.05, 0.1) is 6.61 Å². The highest BCUT2D eigenvalue weighted by molar-refractivity contribution is 4.87. The Labute approximate surface area is 100 Å². The van der Waals surface area contributed by atoms with Gasteiger partial charge >= 0.3 is 0 Å². The molecule has 2 atom stereocenters. The highest BCUT2D eigenvalue weighted by atomic mass is 16.3. The first-order valence-electron chi connectivity index (χ1n) is 6.60. The lowest BCUT2D eigenvalue weighted by molar-refractivity contribution is 0.0489. The third-order valence-electron chi connectivity index (χ3n) is 3.92. The van der Waals surface area contributed by atoms with Crippen LogP contribution in [0.1, 0.15) is 46.5 Å². The fourth-order valence-corrected chi connectivity index (χ4v) is 2.51. The zero-order valence-corrected chi connectivity index (χ0v) is 11.1. The van der Waals surface area contributed by atoms with Gasteiger partial charge in [0, 0.05) is 12.1 Å². The van der Waals surface area contributed by atoms with Gasteiger partial charge in [0.15, 0.2) is 0 Å². The molecule has 16 heavy (non-hydrogen) atoms. The normalized spacial score (nSPS) is 25.3. The second kappa shape index (κ2) is 5.99. The quantitative estimate of drug-likeness (QED) is 0.751. The Morgan fingerprint density at radius 2 is 1.88 bits per heavy atom. The van der Waals surface area contributed by atoms with Gasteiger partial charge in [-0.3, -0.25) is 4.90 Å². The molecular formula is C13H28N2O. The van der Waals surface area contributed by atoms with Crippen LogP contribution in [0.25, 0.3) is 0 Å². The predicted octanol–water partition coefficient (Wildman–Crippen LogP) is 1.60. The van der Waals surface area contributed by atoms with Crippen molar-refractivity contribution < 1.29 is 5.11 Å². The highest BCUT2D eigenvalue weighted by Crippen LogP contribution is 2.30. The monoisotopic (exact) mass is 228 g/mol. The Morgan fingerprint density at radius 3 is 2.31 bits per heavy atom. The molecule has 1 heterocycles. The van der Waals surface area contributed by atoms with E-state index in [-0.39, 0.29) is 18.7 Å². The molecule has 3 N–H and O–H groups in total. The van der Waals surface area contributed by atoms with Gasteiger partial charge in [0.25, 0.3) is 0 Å². The Balaban J connectivity index is 2.48. The summed E-state index contributed by atoms with van der Waals surface area (Å²) in [6, 6.07) is 0.285. The molecule has 96 valence electrons. The van der Waals surface area contributed by atoms with Gasteiger partial charge in [0.1, 0.15) is 0 Å². The summed E-state index contributed by atoms with van der Waals surface area (Å²) in [5.41, 5.74) is 6.60. The molecule has 1 aliphatic heterocycles. The van der Waals surface area contributed by atoms with E-state index in [4.69, 9.17) is 5.73 Å². The summed E-state index contributed by atoms with van der Waals surface area (Å²) in [7, 11) is 0. The topological polar surface area (TPSA) is 49.5 Å². The molecule has 0 saturated carbocycles. The van der Waals surface area contributed by atoms with Crippen LogP contribution in [-0.2, 0) is 0 Å². The van der Waals surface area contributed by atoms with E-state index in [1.807, 2.05) is 0 Å². The zero-order chi connectivity index (χ0) is 12.2. The number of nitrogens with two attached hydrogens (primary N) is 1. The molecule has 1 rings (SSSR count). The predicted molar refractivity (Wildman–Crippen MR) is 68.3 cm³/mol. The number of nitrogens with zero attached hydrogens (tertiary/aromatic N) is 1. The SMILES string of the molecule is CCCC(N)C(CO)N1CCC(C)(C)CC1. The molecule has 0 aromatic carbocycles. The van der Waals surface area contributed by atoms with Crippen molar-refractivity contribution in [1.29, 1.82) is 0 Å². The zero-order valence-electron chi connectivity index (χ0n) is 11.1. The minimum Gasteiger partial charge on any atom is -0.395 e. The summed E-state index contributed by atoms with van der Waals surface area (Å²) in [6.45, 7) is 9.15. The van der Waals surface area contributed by atoms with E-state index in [2.05, 4.69) is 25.7 Å². The van der Waals surface area contributed by atoms with Crippen molar-refractivity contribution in [3.63, 3.8) is 0 Å². The first-order valence-corrected chi connectivity index (χ1v) is 6.60. The van der Waals surface area contributed by atoms with Crippen LogP contribution in [0.15, 0.2) is 0 Å². The van der Waals surface area contributed by atoms with E-state index >= 15 is 0 Å². The Morgan fingerprint density at radius 1 is 1.31 bits per heavy atom. The lowest BCUT2D eigenvalue weighted by atomic mass is 9.82. The summed E-state index contributed by atoms with van der Waals surface area (Å²) in [5, 5.41) is 9.48. The molecule has 0 radical (unpaired) electrons. The molecule has 0 aliphatic carbocycles. The van der Waals surface area contributed by atoms with Crippen LogP contribution < -0.4 is 5.73 Å². The number of aliphatic hydroxyl groups excluding tert-OH is 1. The summed E-state index contributed by atoms with van der Waals surface area (Å²) in [5.74, 6) is 0. The fraction of sp³-hybridized carbons (Fsp3) is 1.00. The molecule has 0 aromatic heterocycles. The summed E-state index contributed by atoms with van der Waals surface area (Å²) in [4.78, 5) is 2.38. The van der Waals surface area contributed by atoms with Gasteiger partial charge in [-0.05, 0) is 37.8 Å². The molecule has 0 spiro atoms. The minimum absolute atomic E-state index is 0.121. The summed E-state index contributed by atoms with van der Waals surface area (Å²) >= 11 is 0. The molecule has 1 saturated heterocycles. The summed E-state index contributed by atoms with van der Waals surface area (Å²) < 4.78 is 0. The van der Waals surface area contributed by atoms with Crippen LogP contribution in [0.3, 0.4) is 0 Å². The fourth-order valence-electron chi connectivity index (χ4n) is 2.51. The standard InChI is InChI=1S/C13H28N2O/c1-4-5-11(14)12(10-16)15-8-6-13(2,3)7-9-15/h11-12,16H,4-10,14H2,1-3H3. The molecule has 3 nitrogen and oxygen atoms in total. The molecule has 1 aliphatic rings. The van der Waals surface area contributed by atoms with Crippen molar-refractivity contribution in [3.05, 3.63) is 0 Å². The Bertz CT molecular complexity index is 196. The highest BCUT2D eigenvalue weighted by Gasteiger charge is 2.31. The van der Waals surface area contributed by atoms with Crippen molar-refractivity contribution in [2.75, 3.05) is 19.7 Å². The van der Waals surface area contributed by atoms with Gasteiger partial charge in [0.2, 0.25) is 0 Å². The van der Waals surface area contributed by atoms with Crippen molar-refractivity contribution >= 4 is 0 Å². The van der Waals surface area contributed by atoms with Gasteiger partial charge < -0.3 is 10.8 Å². The van der Waals surface area contributed by atoms with E-state index in [0.29, 0.717) is 5.41 Å². The van der Waals surface area contributed by atoms with Crippen LogP contribution in [-0.4, -0.2) is 41.8 Å². The summed E-state index contributed by atoms with van der Waals surface area (Å²) in [6.07, 6.45) is 4.52. The smallest absolute Gasteiger partial charge is 0.0601 e. The molecule has 0 amide bonds. The largest absolute Gasteiger partial charge is 0.395 e. The van der Waals surface area contributed by atoms with Crippen molar-refractivity contribution in [1.82, 2.24) is 4.90 Å². The molecule has 0 bridgehead atoms. The molecule has 3 heteroatoms. The molecular weight excluding hydrogens is 200 g/mol. The maximum absolute atomic E-state index is 9.48. The second-order valence-corrected chi connectivity index (χ2v) is 5.90. The first kappa shape index (κ1) is 13.9. The van der Waals surface area contributed by atoms with Gasteiger partial charge in [-0.1, -0.05) is 27.2 Å². The number of piperidine rings is 1. The molecule has 2 unspecified atom stereocenters. The van der Waals surface area contributed by atoms with Crippen molar-refractivity contribution in [2.24, 2.45) is 11.1 Å². The first-order chi connectivity index (χ1) is 7.50. The number of hydrogen-bond acceptors (Lipinski definition) is 3. The van der Waals surface area contributed by atoms with E-state index < -0.39 is 0 Å². The second-order valence-electron chi connectivity index (χ2n) is 5.90. The van der Waals surface area contributed by atoms with E-state index in [9.17, 15) is 5.11 Å². The lowest BCUT2D eigenvalue weighted by Gasteiger charge is -2.42. The average molecular weight is 228 g/mol. The van der Waals surface area contributed by atoms with E-state index in [1.54, 1.807) is 0 Å². The van der Waals surface area contributed by atoms with Crippen LogP contribution in [0.5, 0.6) is 0 Å². The number of rotatable bonds is 5. The van der Waals surface area contributed by atoms with Crippen LogP contribution in [0, 0.1) is 5.41 Å². The maximum Gasteiger partial charge on any atom is 0.0601 e. The third-order valence-corrected chi connectivity index (χ3v) is 3.92. The van der Waals surface area contributed by atoms with E-state index in [1.165, 1.54) is 12.8 Å². The van der Waals surface area contributed by atoms with Crippen molar-refractivity contribution in [3.8, 4) is 0 Å². The van der Waals surface area contributed by atoms with E-state index in [0.717, 1.165) is 25.9 Å². The van der Waals surface area contributed by atoms with Gasteiger partial charge in [-0.15, -0.1) is 0 Å². The number of hydrogen-bond donors (Lipinski definition) is 2. The Kier molecular flexibility index (Phi) is 5.22. The van der Waals surface area contributed by atoms with Gasteiger partial charge in [-0.25, -0.2) is 0 Å². The lowest BCUT2D eigenvalue weighted by Crippen LogP contribution is -2.53. The van der Waals surface area contributed by atoms with Crippen LogP contribution in [0.2, 0.25) is 0 Å². The average Bonchev–Trinajstić information content (AvgIpc) is 2.22. The Hall–Kier alpha value is -0.120. The minimum atomic E-state index is 0.121. The molecule has 0 aromatic rings. The van der Waals surface area contributed by atoms with Gasteiger partial charge in [-0.2, -0.15) is 0 Å². The maximum atomic E-state index is 9.48. The third kappa shape index (κ3) is 3.72.